The summed E-state index contributed by atoms with van der Waals surface area (Å²) in [6.07, 6.45) is 14.9. The maximum Gasteiger partial charge on any atom is 0.0891 e. The summed E-state index contributed by atoms with van der Waals surface area (Å²) in [6.45, 7) is 4.77. The zero-order valence-electron chi connectivity index (χ0n) is 26.4. The molecule has 0 bridgehead atoms. The van der Waals surface area contributed by atoms with Gasteiger partial charge in [-0.25, -0.2) is 0 Å². The van der Waals surface area contributed by atoms with Crippen LogP contribution >= 0.6 is 0 Å². The molecule has 2 radical (unpaired) electrons. The van der Waals surface area contributed by atoms with E-state index in [1.807, 2.05) is 0 Å². The number of benzene rings is 5. The quantitative estimate of drug-likeness (QED) is 0.166. The molecule has 0 fully saturated rings. The molecular weight excluding hydrogens is 571 g/mol. The van der Waals surface area contributed by atoms with E-state index in [2.05, 4.69) is 182 Å². The average molecular weight is 608 g/mol. The van der Waals surface area contributed by atoms with Gasteiger partial charge in [-0.15, -0.1) is 0 Å². The minimum absolute atomic E-state index is 0.0343. The number of fused-ring (bicyclic) bond motifs is 3. The number of rotatable bonds is 6. The van der Waals surface area contributed by atoms with Gasteiger partial charge in [0, 0.05) is 33.7 Å². The fraction of sp³-hybridized carbons (Fsp3) is 0.136. The van der Waals surface area contributed by atoms with Gasteiger partial charge in [-0.05, 0) is 70.1 Å². The SMILES string of the molecule is CC1c2c(c3cc(-c4cccc(-c5ccccc5)c4)ccc3n2-c2ccc(C3(C)C=CC=CC3)cc2)C=CC1[Si]c1ccccc1. The lowest BCUT2D eigenvalue weighted by molar-refractivity contribution is 0.599. The van der Waals surface area contributed by atoms with Crippen molar-refractivity contribution in [2.45, 2.75) is 37.1 Å². The van der Waals surface area contributed by atoms with Crippen LogP contribution in [0.2, 0.25) is 5.54 Å². The summed E-state index contributed by atoms with van der Waals surface area (Å²) in [4.78, 5) is 0. The van der Waals surface area contributed by atoms with E-state index in [0.717, 1.165) is 15.9 Å². The average Bonchev–Trinajstić information content (AvgIpc) is 3.45. The van der Waals surface area contributed by atoms with E-state index in [1.165, 1.54) is 60.9 Å². The largest absolute Gasteiger partial charge is 0.313 e. The Morgan fingerprint density at radius 1 is 0.696 bits per heavy atom. The number of hydrogen-bond acceptors (Lipinski definition) is 0. The molecule has 46 heavy (non-hydrogen) atoms. The Hall–Kier alpha value is -4.92. The summed E-state index contributed by atoms with van der Waals surface area (Å²) in [5.41, 5.74) is 12.1. The molecule has 2 aliphatic carbocycles. The molecule has 0 aliphatic heterocycles. The molecule has 3 unspecified atom stereocenters. The first-order valence-corrected chi connectivity index (χ1v) is 17.4. The van der Waals surface area contributed by atoms with Crippen LogP contribution in [0.3, 0.4) is 0 Å². The second-order valence-corrected chi connectivity index (χ2v) is 14.5. The fourth-order valence-electron chi connectivity index (χ4n) is 7.29. The monoisotopic (exact) mass is 607 g/mol. The second-order valence-electron chi connectivity index (χ2n) is 13.0. The Balaban J connectivity index is 1.25. The van der Waals surface area contributed by atoms with Crippen molar-refractivity contribution in [3.8, 4) is 27.9 Å². The molecule has 1 nitrogen and oxygen atoms in total. The highest BCUT2D eigenvalue weighted by atomic mass is 28.2. The fourth-order valence-corrected chi connectivity index (χ4v) is 8.67. The first-order valence-electron chi connectivity index (χ1n) is 16.4. The van der Waals surface area contributed by atoms with E-state index >= 15 is 0 Å². The molecule has 0 amide bonds. The Kier molecular flexibility index (Phi) is 7.31. The molecule has 1 aromatic heterocycles. The maximum atomic E-state index is 2.55. The Bertz CT molecular complexity index is 2110. The van der Waals surface area contributed by atoms with Crippen molar-refractivity contribution >= 4 is 31.7 Å². The molecule has 5 aromatic carbocycles. The number of hydrogen-bond donors (Lipinski definition) is 0. The number of allylic oxidation sites excluding steroid dienone is 5. The topological polar surface area (TPSA) is 4.93 Å². The summed E-state index contributed by atoms with van der Waals surface area (Å²) >= 11 is 0. The van der Waals surface area contributed by atoms with Gasteiger partial charge in [0.05, 0.1) is 15.0 Å². The normalized spacial score (nSPS) is 20.2. The lowest BCUT2D eigenvalue weighted by atomic mass is 9.77. The summed E-state index contributed by atoms with van der Waals surface area (Å²) in [6, 6.07) is 47.0. The molecule has 3 atom stereocenters. The molecular formula is C44H37NSi. The van der Waals surface area contributed by atoms with Gasteiger partial charge in [0.2, 0.25) is 0 Å². The first-order chi connectivity index (χ1) is 22.6. The van der Waals surface area contributed by atoms with Crippen molar-refractivity contribution < 1.29 is 0 Å². The summed E-state index contributed by atoms with van der Waals surface area (Å²) in [7, 11) is 0.729. The predicted molar refractivity (Wildman–Crippen MR) is 197 cm³/mol. The van der Waals surface area contributed by atoms with Gasteiger partial charge >= 0.3 is 0 Å². The van der Waals surface area contributed by atoms with Crippen LogP contribution in [0.15, 0.2) is 158 Å². The molecule has 1 heterocycles. The van der Waals surface area contributed by atoms with Crippen LogP contribution in [0.5, 0.6) is 0 Å². The molecule has 8 rings (SSSR count). The van der Waals surface area contributed by atoms with E-state index in [4.69, 9.17) is 0 Å². The Morgan fingerprint density at radius 2 is 1.39 bits per heavy atom. The van der Waals surface area contributed by atoms with Crippen molar-refractivity contribution in [1.82, 2.24) is 4.57 Å². The smallest absolute Gasteiger partial charge is 0.0891 e. The van der Waals surface area contributed by atoms with Crippen LogP contribution < -0.4 is 5.19 Å². The third kappa shape index (κ3) is 5.13. The Morgan fingerprint density at radius 3 is 2.13 bits per heavy atom. The van der Waals surface area contributed by atoms with Gasteiger partial charge in [-0.2, -0.15) is 0 Å². The molecule has 0 N–H and O–H groups in total. The van der Waals surface area contributed by atoms with Crippen molar-refractivity contribution in [2.75, 3.05) is 0 Å². The third-order valence-electron chi connectivity index (χ3n) is 9.93. The molecule has 0 saturated heterocycles. The van der Waals surface area contributed by atoms with Crippen LogP contribution in [0.25, 0.3) is 44.9 Å². The van der Waals surface area contributed by atoms with Gasteiger partial charge in [-0.1, -0.05) is 153 Å². The highest BCUT2D eigenvalue weighted by Crippen LogP contribution is 2.45. The third-order valence-corrected chi connectivity index (χ3v) is 11.6. The van der Waals surface area contributed by atoms with Crippen LogP contribution in [-0.2, 0) is 5.41 Å². The van der Waals surface area contributed by atoms with E-state index in [-0.39, 0.29) is 5.41 Å². The Labute approximate surface area is 275 Å². The van der Waals surface area contributed by atoms with Gasteiger partial charge < -0.3 is 4.57 Å². The standard InChI is InChI=1S/C44H37NSi/c1-31-42(46-38-17-8-4-9-18-38)26-24-39-40-30-35(34-16-12-15-33(29-34)32-13-6-3-7-14-32)19-25-41(40)45(43(31)39)37-22-20-36(21-23-37)44(2)27-10-5-11-28-44/h3-27,29-31,42H,28H2,1-2H3. The van der Waals surface area contributed by atoms with E-state index in [9.17, 15) is 0 Å². The van der Waals surface area contributed by atoms with Crippen LogP contribution in [0, 0.1) is 0 Å². The lowest BCUT2D eigenvalue weighted by Crippen LogP contribution is -2.24. The number of nitrogens with zero attached hydrogens (tertiary/aromatic N) is 1. The van der Waals surface area contributed by atoms with Gasteiger partial charge in [0.25, 0.3) is 0 Å². The second kappa shape index (κ2) is 11.8. The van der Waals surface area contributed by atoms with E-state index in [0.29, 0.717) is 11.5 Å². The van der Waals surface area contributed by atoms with Crippen molar-refractivity contribution in [3.63, 3.8) is 0 Å². The minimum Gasteiger partial charge on any atom is -0.313 e. The summed E-state index contributed by atoms with van der Waals surface area (Å²) in [5, 5.41) is 2.74. The summed E-state index contributed by atoms with van der Waals surface area (Å²) in [5.74, 6) is 0.374. The van der Waals surface area contributed by atoms with Gasteiger partial charge in [0.1, 0.15) is 0 Å². The number of aromatic nitrogens is 1. The first kappa shape index (κ1) is 28.5. The minimum atomic E-state index is 0.0343. The lowest BCUT2D eigenvalue weighted by Gasteiger charge is -2.29. The van der Waals surface area contributed by atoms with Crippen LogP contribution in [0.1, 0.15) is 43.0 Å². The van der Waals surface area contributed by atoms with E-state index in [1.54, 1.807) is 0 Å². The highest BCUT2D eigenvalue weighted by Gasteiger charge is 2.30. The van der Waals surface area contributed by atoms with Crippen LogP contribution in [0.4, 0.5) is 0 Å². The molecule has 2 aliphatic rings. The molecule has 0 spiro atoms. The highest BCUT2D eigenvalue weighted by molar-refractivity contribution is 6.56. The molecule has 0 saturated carbocycles. The van der Waals surface area contributed by atoms with Crippen LogP contribution in [-0.4, -0.2) is 14.1 Å². The summed E-state index contributed by atoms with van der Waals surface area (Å²) < 4.78 is 2.55. The van der Waals surface area contributed by atoms with Crippen molar-refractivity contribution in [1.29, 1.82) is 0 Å². The predicted octanol–water partition coefficient (Wildman–Crippen LogP) is 10.7. The van der Waals surface area contributed by atoms with E-state index < -0.39 is 0 Å². The zero-order chi connectivity index (χ0) is 31.1. The zero-order valence-corrected chi connectivity index (χ0v) is 27.4. The van der Waals surface area contributed by atoms with Gasteiger partial charge in [0.15, 0.2) is 0 Å². The van der Waals surface area contributed by atoms with Crippen molar-refractivity contribution in [3.05, 3.63) is 175 Å². The molecule has 2 heteroatoms. The van der Waals surface area contributed by atoms with Crippen molar-refractivity contribution in [2.24, 2.45) is 0 Å². The molecule has 222 valence electrons. The van der Waals surface area contributed by atoms with Gasteiger partial charge in [-0.3, -0.25) is 0 Å². The molecule has 6 aromatic rings. The maximum absolute atomic E-state index is 2.55.